The topological polar surface area (TPSA) is 62.7 Å². The molecule has 3 nitrogen and oxygen atoms in total. The standard InChI is InChI=1S/C8H4F5N3/c9-6(10)4-1-3(2-14)5(8(11,12)13)16-7(4)15/h1,6H,(H2,15,16). The molecule has 0 unspecified atom stereocenters. The van der Waals surface area contributed by atoms with E-state index in [1.54, 1.807) is 0 Å². The zero-order chi connectivity index (χ0) is 12.5. The van der Waals surface area contributed by atoms with Gasteiger partial charge in [-0.05, 0) is 6.07 Å². The lowest BCUT2D eigenvalue weighted by Gasteiger charge is -2.11. The Morgan fingerprint density at radius 3 is 2.31 bits per heavy atom. The summed E-state index contributed by atoms with van der Waals surface area (Å²) in [7, 11) is 0. The molecule has 0 radical (unpaired) electrons. The number of nitriles is 1. The normalized spacial score (nSPS) is 11.6. The molecule has 86 valence electrons. The predicted octanol–water partition coefficient (Wildman–Crippen LogP) is 2.49. The highest BCUT2D eigenvalue weighted by Crippen LogP contribution is 2.34. The lowest BCUT2D eigenvalue weighted by Crippen LogP contribution is -2.14. The van der Waals surface area contributed by atoms with Crippen molar-refractivity contribution in [2.45, 2.75) is 12.6 Å². The number of halogens is 5. The summed E-state index contributed by atoms with van der Waals surface area (Å²) in [5.74, 6) is -0.929. The Morgan fingerprint density at radius 1 is 1.38 bits per heavy atom. The summed E-state index contributed by atoms with van der Waals surface area (Å²) in [5.41, 5.74) is 1.52. The van der Waals surface area contributed by atoms with Gasteiger partial charge in [-0.25, -0.2) is 13.8 Å². The zero-order valence-corrected chi connectivity index (χ0v) is 7.52. The van der Waals surface area contributed by atoms with Crippen LogP contribution in [0.25, 0.3) is 0 Å². The van der Waals surface area contributed by atoms with Crippen LogP contribution in [0.5, 0.6) is 0 Å². The van der Waals surface area contributed by atoms with Gasteiger partial charge in [-0.3, -0.25) is 0 Å². The van der Waals surface area contributed by atoms with E-state index in [9.17, 15) is 22.0 Å². The van der Waals surface area contributed by atoms with E-state index in [1.165, 1.54) is 0 Å². The van der Waals surface area contributed by atoms with Crippen molar-refractivity contribution >= 4 is 5.82 Å². The second-order valence-electron chi connectivity index (χ2n) is 2.77. The van der Waals surface area contributed by atoms with Gasteiger partial charge in [0.15, 0.2) is 5.69 Å². The van der Waals surface area contributed by atoms with Crippen molar-refractivity contribution in [1.29, 1.82) is 5.26 Å². The maximum absolute atomic E-state index is 12.3. The van der Waals surface area contributed by atoms with Crippen molar-refractivity contribution < 1.29 is 22.0 Å². The van der Waals surface area contributed by atoms with E-state index >= 15 is 0 Å². The Labute approximate surface area is 86.3 Å². The first-order valence-electron chi connectivity index (χ1n) is 3.83. The number of aromatic nitrogens is 1. The Morgan fingerprint density at radius 2 is 1.94 bits per heavy atom. The average molecular weight is 237 g/mol. The molecule has 1 rings (SSSR count). The number of nitrogens with zero attached hydrogens (tertiary/aromatic N) is 2. The van der Waals surface area contributed by atoms with Crippen molar-refractivity contribution in [2.75, 3.05) is 5.73 Å². The molecule has 0 spiro atoms. The molecule has 0 aliphatic heterocycles. The molecule has 0 amide bonds. The monoisotopic (exact) mass is 237 g/mol. The molecule has 0 aliphatic rings. The minimum atomic E-state index is -4.90. The number of nitrogen functional groups attached to an aromatic ring is 1. The summed E-state index contributed by atoms with van der Waals surface area (Å²) < 4.78 is 61.4. The van der Waals surface area contributed by atoms with Crippen LogP contribution in [-0.2, 0) is 6.18 Å². The fraction of sp³-hybridized carbons (Fsp3) is 0.250. The summed E-state index contributed by atoms with van der Waals surface area (Å²) >= 11 is 0. The molecule has 0 atom stereocenters. The number of anilines is 1. The molecule has 1 aromatic heterocycles. The zero-order valence-electron chi connectivity index (χ0n) is 7.52. The Kier molecular flexibility index (Phi) is 2.98. The van der Waals surface area contributed by atoms with E-state index in [0.29, 0.717) is 6.07 Å². The molecule has 0 fully saturated rings. The molecule has 0 bridgehead atoms. The fourth-order valence-electron chi connectivity index (χ4n) is 1.02. The molecule has 8 heteroatoms. The second kappa shape index (κ2) is 3.92. The third-order valence-electron chi connectivity index (χ3n) is 1.71. The van der Waals surface area contributed by atoms with Gasteiger partial charge in [-0.1, -0.05) is 0 Å². The fourth-order valence-corrected chi connectivity index (χ4v) is 1.02. The molecular formula is C8H4F5N3. The van der Waals surface area contributed by atoms with E-state index in [2.05, 4.69) is 4.98 Å². The molecular weight excluding hydrogens is 233 g/mol. The van der Waals surface area contributed by atoms with E-state index in [-0.39, 0.29) is 0 Å². The van der Waals surface area contributed by atoms with Gasteiger partial charge in [0.05, 0.1) is 11.1 Å². The van der Waals surface area contributed by atoms with Crippen LogP contribution in [0.1, 0.15) is 23.2 Å². The highest BCUT2D eigenvalue weighted by molar-refractivity contribution is 5.49. The Balaban J connectivity index is 3.46. The van der Waals surface area contributed by atoms with Crippen LogP contribution in [0, 0.1) is 11.3 Å². The Hall–Kier alpha value is -1.91. The SMILES string of the molecule is N#Cc1cc(C(F)F)c(N)nc1C(F)(F)F. The van der Waals surface area contributed by atoms with Crippen molar-refractivity contribution in [2.24, 2.45) is 0 Å². The smallest absolute Gasteiger partial charge is 0.383 e. The van der Waals surface area contributed by atoms with Crippen LogP contribution >= 0.6 is 0 Å². The van der Waals surface area contributed by atoms with Gasteiger partial charge in [0, 0.05) is 0 Å². The third kappa shape index (κ3) is 2.18. The van der Waals surface area contributed by atoms with E-state index in [0.717, 1.165) is 6.07 Å². The van der Waals surface area contributed by atoms with E-state index in [4.69, 9.17) is 11.0 Å². The number of pyridine rings is 1. The largest absolute Gasteiger partial charge is 0.434 e. The maximum atomic E-state index is 12.3. The molecule has 0 aromatic carbocycles. The number of hydrogen-bond donors (Lipinski definition) is 1. The first-order chi connectivity index (χ1) is 7.27. The number of rotatable bonds is 1. The molecule has 16 heavy (non-hydrogen) atoms. The maximum Gasteiger partial charge on any atom is 0.434 e. The van der Waals surface area contributed by atoms with Gasteiger partial charge in [0.2, 0.25) is 0 Å². The van der Waals surface area contributed by atoms with Gasteiger partial charge in [-0.15, -0.1) is 0 Å². The minimum Gasteiger partial charge on any atom is -0.383 e. The highest BCUT2D eigenvalue weighted by atomic mass is 19.4. The van der Waals surface area contributed by atoms with Gasteiger partial charge in [0.1, 0.15) is 11.9 Å². The molecule has 2 N–H and O–H groups in total. The lowest BCUT2D eigenvalue weighted by atomic mass is 10.1. The van der Waals surface area contributed by atoms with Gasteiger partial charge >= 0.3 is 6.18 Å². The molecule has 0 aliphatic carbocycles. The number of alkyl halides is 5. The summed E-state index contributed by atoms with van der Waals surface area (Å²) in [6.45, 7) is 0. The summed E-state index contributed by atoms with van der Waals surface area (Å²) in [5, 5.41) is 8.40. The summed E-state index contributed by atoms with van der Waals surface area (Å²) in [4.78, 5) is 2.79. The van der Waals surface area contributed by atoms with Gasteiger partial charge in [0.25, 0.3) is 6.43 Å². The van der Waals surface area contributed by atoms with Crippen LogP contribution in [0.2, 0.25) is 0 Å². The predicted molar refractivity (Wildman–Crippen MR) is 43.3 cm³/mol. The summed E-state index contributed by atoms with van der Waals surface area (Å²) in [6, 6.07) is 1.55. The van der Waals surface area contributed by atoms with Crippen LogP contribution in [0.15, 0.2) is 6.07 Å². The lowest BCUT2D eigenvalue weighted by molar-refractivity contribution is -0.141. The van der Waals surface area contributed by atoms with Crippen molar-refractivity contribution in [3.05, 3.63) is 22.9 Å². The van der Waals surface area contributed by atoms with Crippen LogP contribution in [0.4, 0.5) is 27.8 Å². The van der Waals surface area contributed by atoms with Crippen molar-refractivity contribution in [3.63, 3.8) is 0 Å². The molecule has 1 heterocycles. The Bertz CT molecular complexity index is 446. The van der Waals surface area contributed by atoms with Crippen LogP contribution in [0.3, 0.4) is 0 Å². The number of nitrogens with two attached hydrogens (primary N) is 1. The van der Waals surface area contributed by atoms with E-state index in [1.807, 2.05) is 0 Å². The van der Waals surface area contributed by atoms with Crippen LogP contribution in [-0.4, -0.2) is 4.98 Å². The molecule has 1 aromatic rings. The first-order valence-corrected chi connectivity index (χ1v) is 3.83. The van der Waals surface area contributed by atoms with Gasteiger partial charge < -0.3 is 5.73 Å². The van der Waals surface area contributed by atoms with Crippen molar-refractivity contribution in [3.8, 4) is 6.07 Å². The first kappa shape index (κ1) is 12.2. The summed E-state index contributed by atoms with van der Waals surface area (Å²) in [6.07, 6.45) is -7.98. The quantitative estimate of drug-likeness (QED) is 0.763. The molecule has 0 saturated heterocycles. The minimum absolute atomic E-state index is 0.399. The van der Waals surface area contributed by atoms with Crippen LogP contribution < -0.4 is 5.73 Å². The number of hydrogen-bond acceptors (Lipinski definition) is 3. The second-order valence-corrected chi connectivity index (χ2v) is 2.77. The third-order valence-corrected chi connectivity index (χ3v) is 1.71. The van der Waals surface area contributed by atoms with Gasteiger partial charge in [-0.2, -0.15) is 18.4 Å². The van der Waals surface area contributed by atoms with Crippen molar-refractivity contribution in [1.82, 2.24) is 4.98 Å². The molecule has 0 saturated carbocycles. The highest BCUT2D eigenvalue weighted by Gasteiger charge is 2.37. The average Bonchev–Trinajstić information content (AvgIpc) is 2.15. The van der Waals surface area contributed by atoms with E-state index < -0.39 is 35.2 Å².